The predicted octanol–water partition coefficient (Wildman–Crippen LogP) is 12.0. The van der Waals surface area contributed by atoms with Crippen LogP contribution in [0.4, 0.5) is 0 Å². The highest BCUT2D eigenvalue weighted by atomic mass is 15.3. The van der Waals surface area contributed by atoms with Gasteiger partial charge in [0.1, 0.15) is 0 Å². The average molecular weight is 693 g/mol. The number of benzene rings is 7. The fourth-order valence-corrected chi connectivity index (χ4v) is 8.72. The summed E-state index contributed by atoms with van der Waals surface area (Å²) in [6.07, 6.45) is 7.33. The van der Waals surface area contributed by atoms with Gasteiger partial charge in [0.15, 0.2) is 6.29 Å². The Labute approximate surface area is 313 Å². The van der Waals surface area contributed by atoms with E-state index in [9.17, 15) is 0 Å². The molecule has 0 amide bonds. The van der Waals surface area contributed by atoms with E-state index in [1.165, 1.54) is 77.1 Å². The number of aromatic nitrogens is 2. The van der Waals surface area contributed by atoms with Gasteiger partial charge in [-0.3, -0.25) is 5.32 Å². The Morgan fingerprint density at radius 3 is 1.74 bits per heavy atom. The van der Waals surface area contributed by atoms with Crippen molar-refractivity contribution >= 4 is 49.3 Å². The van der Waals surface area contributed by atoms with E-state index < -0.39 is 0 Å². The largest absolute Gasteiger partial charge is 0.309 e. The highest BCUT2D eigenvalue weighted by molar-refractivity contribution is 6.15. The molecule has 4 nitrogen and oxygen atoms in total. The molecule has 1 aliphatic heterocycles. The monoisotopic (exact) mass is 692 g/mol. The highest BCUT2D eigenvalue weighted by Crippen LogP contribution is 2.39. The van der Waals surface area contributed by atoms with E-state index in [4.69, 9.17) is 4.99 Å². The van der Waals surface area contributed by atoms with E-state index in [1.54, 1.807) is 0 Å². The Balaban J connectivity index is 0.976. The minimum absolute atomic E-state index is 0.199. The molecule has 0 saturated heterocycles. The molecule has 0 fully saturated rings. The van der Waals surface area contributed by atoms with Gasteiger partial charge < -0.3 is 9.13 Å². The number of fused-ring (bicyclic) bond motifs is 7. The molecule has 0 bridgehead atoms. The molecule has 2 atom stereocenters. The molecular formula is C50H36N4. The molecule has 1 N–H and O–H groups in total. The Kier molecular flexibility index (Phi) is 7.10. The summed E-state index contributed by atoms with van der Waals surface area (Å²) in [6.45, 7) is 0. The molecule has 0 saturated carbocycles. The molecule has 256 valence electrons. The highest BCUT2D eigenvalue weighted by Gasteiger charge is 2.31. The smallest absolute Gasteiger partial charge is 0.181 e. The third-order valence-electron chi connectivity index (χ3n) is 11.3. The van der Waals surface area contributed by atoms with Crippen LogP contribution in [0.25, 0.3) is 71.6 Å². The van der Waals surface area contributed by atoms with Gasteiger partial charge in [0.25, 0.3) is 0 Å². The maximum atomic E-state index is 5.42. The van der Waals surface area contributed by atoms with Crippen molar-refractivity contribution in [3.05, 3.63) is 199 Å². The third-order valence-corrected chi connectivity index (χ3v) is 11.3. The van der Waals surface area contributed by atoms with E-state index in [0.29, 0.717) is 0 Å². The van der Waals surface area contributed by atoms with E-state index in [0.717, 1.165) is 17.7 Å². The summed E-state index contributed by atoms with van der Waals surface area (Å²) in [5.74, 6) is 0. The second-order valence-electron chi connectivity index (χ2n) is 14.3. The van der Waals surface area contributed by atoms with Gasteiger partial charge in [-0.1, -0.05) is 140 Å². The molecule has 1 aliphatic carbocycles. The maximum Gasteiger partial charge on any atom is 0.181 e. The lowest BCUT2D eigenvalue weighted by Crippen LogP contribution is -2.43. The summed E-state index contributed by atoms with van der Waals surface area (Å²) in [7, 11) is 0. The van der Waals surface area contributed by atoms with Gasteiger partial charge in [-0.25, -0.2) is 4.99 Å². The van der Waals surface area contributed by atoms with E-state index in [-0.39, 0.29) is 12.3 Å². The quantitative estimate of drug-likeness (QED) is 0.191. The Hall–Kier alpha value is -6.75. The molecule has 9 aromatic rings. The van der Waals surface area contributed by atoms with Crippen LogP contribution in [0.5, 0.6) is 0 Å². The molecule has 7 aromatic carbocycles. The Morgan fingerprint density at radius 2 is 1.02 bits per heavy atom. The summed E-state index contributed by atoms with van der Waals surface area (Å²) in [5, 5.41) is 8.89. The number of nitrogens with one attached hydrogen (secondary N) is 1. The van der Waals surface area contributed by atoms with Crippen molar-refractivity contribution in [1.29, 1.82) is 0 Å². The van der Waals surface area contributed by atoms with Crippen LogP contribution in [0.2, 0.25) is 0 Å². The van der Waals surface area contributed by atoms with Crippen molar-refractivity contribution in [3.8, 4) is 27.9 Å². The fraction of sp³-hybridized carbons (Fsp3) is 0.0600. The predicted molar refractivity (Wildman–Crippen MR) is 225 cm³/mol. The second kappa shape index (κ2) is 12.4. The molecule has 0 radical (unpaired) electrons. The number of aliphatic imine (C=N–C) groups is 1. The zero-order valence-corrected chi connectivity index (χ0v) is 29.6. The minimum atomic E-state index is -0.236. The van der Waals surface area contributed by atoms with Gasteiger partial charge in [0.2, 0.25) is 0 Å². The van der Waals surface area contributed by atoms with Gasteiger partial charge in [-0.2, -0.15) is 0 Å². The zero-order valence-electron chi connectivity index (χ0n) is 29.6. The van der Waals surface area contributed by atoms with Crippen LogP contribution in [-0.4, -0.2) is 20.9 Å². The summed E-state index contributed by atoms with van der Waals surface area (Å²) in [5.41, 5.74) is 14.3. The van der Waals surface area contributed by atoms with Crippen molar-refractivity contribution in [2.45, 2.75) is 18.8 Å². The Morgan fingerprint density at radius 1 is 0.481 bits per heavy atom. The van der Waals surface area contributed by atoms with E-state index >= 15 is 0 Å². The summed E-state index contributed by atoms with van der Waals surface area (Å²) < 4.78 is 4.76. The van der Waals surface area contributed by atoms with Gasteiger partial charge in [0, 0.05) is 38.8 Å². The first-order valence-corrected chi connectivity index (χ1v) is 18.8. The van der Waals surface area contributed by atoms with Crippen LogP contribution in [0.15, 0.2) is 199 Å². The standard InChI is InChI=1S/C50H36N4/c1-3-13-35(14-4-1)49-41-19-7-10-20-44(41)51-50(52-49)54-46-22-12-9-18-40(46)43-32-37(28-30-48(43)54)34-25-23-33(24-26-34)36-27-29-47-42(31-36)39-17-8-11-21-45(39)53(47)38-15-5-2-6-16-38/h1-19,21-32,44,50-51H,20H2. The van der Waals surface area contributed by atoms with Crippen molar-refractivity contribution in [2.75, 3.05) is 0 Å². The lowest BCUT2D eigenvalue weighted by molar-refractivity contribution is 0.389. The van der Waals surface area contributed by atoms with Gasteiger partial charge in [-0.15, -0.1) is 0 Å². The van der Waals surface area contributed by atoms with E-state index in [1.807, 2.05) is 0 Å². The zero-order chi connectivity index (χ0) is 35.6. The van der Waals surface area contributed by atoms with Crippen molar-refractivity contribution < 1.29 is 0 Å². The number of allylic oxidation sites excluding steroid dienone is 2. The van der Waals surface area contributed by atoms with Gasteiger partial charge in [0.05, 0.1) is 27.8 Å². The summed E-state index contributed by atoms with van der Waals surface area (Å²) in [6, 6.07) is 61.7. The normalized spacial score (nSPS) is 16.9. The van der Waals surface area contributed by atoms with Gasteiger partial charge >= 0.3 is 0 Å². The molecule has 4 heteroatoms. The summed E-state index contributed by atoms with van der Waals surface area (Å²) in [4.78, 5) is 5.42. The van der Waals surface area contributed by atoms with Crippen LogP contribution in [0, 0.1) is 0 Å². The average Bonchev–Trinajstić information content (AvgIpc) is 3.76. The third kappa shape index (κ3) is 4.92. The maximum absolute atomic E-state index is 5.42. The number of hydrogen-bond donors (Lipinski definition) is 1. The van der Waals surface area contributed by atoms with Crippen LogP contribution in [-0.2, 0) is 0 Å². The molecule has 11 rings (SSSR count). The number of hydrogen-bond acceptors (Lipinski definition) is 2. The molecular weight excluding hydrogens is 657 g/mol. The topological polar surface area (TPSA) is 34.2 Å². The molecule has 2 unspecified atom stereocenters. The number of para-hydroxylation sites is 3. The van der Waals surface area contributed by atoms with Crippen molar-refractivity contribution in [3.63, 3.8) is 0 Å². The molecule has 2 aliphatic rings. The molecule has 0 spiro atoms. The first-order chi connectivity index (χ1) is 26.8. The number of rotatable bonds is 5. The fourth-order valence-electron chi connectivity index (χ4n) is 8.72. The lowest BCUT2D eigenvalue weighted by Gasteiger charge is -2.34. The SMILES string of the molecule is C1=CCC2NC(n3c4ccccc4c4cc(-c5ccc(-c6ccc7c(c6)c6ccccc6n7-c6ccccc6)cc5)ccc43)N=C(c3ccccc3)C2=C1. The van der Waals surface area contributed by atoms with Crippen LogP contribution >= 0.6 is 0 Å². The van der Waals surface area contributed by atoms with Crippen LogP contribution < -0.4 is 5.32 Å². The second-order valence-corrected chi connectivity index (χ2v) is 14.3. The van der Waals surface area contributed by atoms with Crippen LogP contribution in [0.3, 0.4) is 0 Å². The van der Waals surface area contributed by atoms with Gasteiger partial charge in [-0.05, 0) is 82.8 Å². The minimum Gasteiger partial charge on any atom is -0.309 e. The lowest BCUT2D eigenvalue weighted by atomic mass is 9.90. The van der Waals surface area contributed by atoms with Crippen LogP contribution in [0.1, 0.15) is 18.3 Å². The summed E-state index contributed by atoms with van der Waals surface area (Å²) >= 11 is 0. The van der Waals surface area contributed by atoms with Crippen molar-refractivity contribution in [2.24, 2.45) is 4.99 Å². The number of nitrogens with zero attached hydrogens (tertiary/aromatic N) is 3. The molecule has 2 aromatic heterocycles. The Bertz CT molecular complexity index is 2980. The van der Waals surface area contributed by atoms with E-state index in [2.05, 4.69) is 203 Å². The molecule has 54 heavy (non-hydrogen) atoms. The first kappa shape index (κ1) is 30.8. The molecule has 3 heterocycles. The first-order valence-electron chi connectivity index (χ1n) is 18.8. The van der Waals surface area contributed by atoms with Crippen molar-refractivity contribution in [1.82, 2.24) is 14.5 Å².